The molecule has 0 amide bonds. The number of benzene rings is 2. The molecule has 2 aromatic carbocycles. The summed E-state index contributed by atoms with van der Waals surface area (Å²) in [4.78, 5) is 2.52. The second-order valence-electron chi connectivity index (χ2n) is 11.1. The fourth-order valence-electron chi connectivity index (χ4n) is 5.70. The monoisotopic (exact) mass is 522 g/mol. The molecule has 2 atom stereocenters. The van der Waals surface area contributed by atoms with Gasteiger partial charge in [0.25, 0.3) is 0 Å². The van der Waals surface area contributed by atoms with Crippen molar-refractivity contribution in [2.24, 2.45) is 5.92 Å². The van der Waals surface area contributed by atoms with Crippen molar-refractivity contribution in [3.63, 3.8) is 0 Å². The molecule has 2 unspecified atom stereocenters. The lowest BCUT2D eigenvalue weighted by Gasteiger charge is -2.33. The number of fused-ring (bicyclic) bond motifs is 1. The standard InChI is InChI=1S/C32H46N2O4/c1-35-18-3-17-34-16-2-5-28-9-8-26(21-31(28)34)24-38-32-22-33-15-14-30(32)27-10-12-29(13-11-27)37-20-4-19-36-23-25-6-7-25/h8-13,21,25,30,32-33H,2-7,14-20,22-24H2,1H3. The van der Waals surface area contributed by atoms with Gasteiger partial charge >= 0.3 is 0 Å². The lowest BCUT2D eigenvalue weighted by molar-refractivity contribution is 0.0106. The third kappa shape index (κ3) is 7.95. The van der Waals surface area contributed by atoms with Gasteiger partial charge in [-0.15, -0.1) is 0 Å². The number of anilines is 1. The van der Waals surface area contributed by atoms with Crippen LogP contribution in [0.2, 0.25) is 0 Å². The van der Waals surface area contributed by atoms with Gasteiger partial charge in [0.05, 0.1) is 19.3 Å². The molecule has 1 aliphatic carbocycles. The van der Waals surface area contributed by atoms with E-state index in [1.807, 2.05) is 0 Å². The summed E-state index contributed by atoms with van der Waals surface area (Å²) in [6, 6.07) is 15.6. The van der Waals surface area contributed by atoms with Crippen LogP contribution in [0.3, 0.4) is 0 Å². The van der Waals surface area contributed by atoms with Crippen molar-refractivity contribution < 1.29 is 18.9 Å². The Morgan fingerprint density at radius 2 is 1.87 bits per heavy atom. The molecule has 6 heteroatoms. The molecule has 1 saturated heterocycles. The van der Waals surface area contributed by atoms with Gasteiger partial charge in [-0.2, -0.15) is 0 Å². The van der Waals surface area contributed by atoms with Gasteiger partial charge in [0.1, 0.15) is 5.75 Å². The molecule has 2 aliphatic heterocycles. The van der Waals surface area contributed by atoms with Crippen molar-refractivity contribution in [1.82, 2.24) is 5.32 Å². The zero-order valence-corrected chi connectivity index (χ0v) is 23.2. The Labute approximate surface area is 229 Å². The minimum Gasteiger partial charge on any atom is -0.494 e. The highest BCUT2D eigenvalue weighted by Crippen LogP contribution is 2.32. The molecule has 3 aliphatic rings. The first-order chi connectivity index (χ1) is 18.8. The summed E-state index contributed by atoms with van der Waals surface area (Å²) in [5.74, 6) is 2.15. The van der Waals surface area contributed by atoms with Crippen molar-refractivity contribution >= 4 is 5.69 Å². The molecule has 0 radical (unpaired) electrons. The lowest BCUT2D eigenvalue weighted by Crippen LogP contribution is -2.41. The van der Waals surface area contributed by atoms with E-state index in [2.05, 4.69) is 52.7 Å². The van der Waals surface area contributed by atoms with Gasteiger partial charge in [0.15, 0.2) is 0 Å². The van der Waals surface area contributed by atoms with Crippen LogP contribution in [0, 0.1) is 5.92 Å². The quantitative estimate of drug-likeness (QED) is 0.319. The number of piperidine rings is 1. The van der Waals surface area contributed by atoms with Gasteiger partial charge in [0.2, 0.25) is 0 Å². The van der Waals surface area contributed by atoms with Crippen molar-refractivity contribution in [2.45, 2.75) is 63.6 Å². The van der Waals surface area contributed by atoms with Gasteiger partial charge in [-0.1, -0.05) is 24.3 Å². The number of methoxy groups -OCH3 is 1. The van der Waals surface area contributed by atoms with Crippen LogP contribution >= 0.6 is 0 Å². The van der Waals surface area contributed by atoms with E-state index < -0.39 is 0 Å². The molecule has 0 aromatic heterocycles. The van der Waals surface area contributed by atoms with Gasteiger partial charge in [-0.05, 0) is 85.9 Å². The van der Waals surface area contributed by atoms with Crippen LogP contribution in [0.5, 0.6) is 5.75 Å². The zero-order valence-electron chi connectivity index (χ0n) is 23.2. The largest absolute Gasteiger partial charge is 0.494 e. The Morgan fingerprint density at radius 3 is 2.71 bits per heavy atom. The Kier molecular flexibility index (Phi) is 10.3. The summed E-state index contributed by atoms with van der Waals surface area (Å²) >= 11 is 0. The second kappa shape index (κ2) is 14.3. The summed E-state index contributed by atoms with van der Waals surface area (Å²) in [6.07, 6.45) is 8.32. The second-order valence-corrected chi connectivity index (χ2v) is 11.1. The number of nitrogens with zero attached hydrogens (tertiary/aromatic N) is 1. The SMILES string of the molecule is COCCCN1CCCc2ccc(COC3CNCCC3c3ccc(OCCCOCC4CC4)cc3)cc21. The average molecular weight is 523 g/mol. The van der Waals surface area contributed by atoms with Gasteiger partial charge < -0.3 is 29.2 Å². The van der Waals surface area contributed by atoms with Crippen LogP contribution in [0.1, 0.15) is 61.1 Å². The smallest absolute Gasteiger partial charge is 0.119 e. The minimum atomic E-state index is 0.160. The molecular formula is C32H46N2O4. The van der Waals surface area contributed by atoms with E-state index >= 15 is 0 Å². The average Bonchev–Trinajstić information content (AvgIpc) is 3.79. The molecule has 0 spiro atoms. The van der Waals surface area contributed by atoms with E-state index in [1.165, 1.54) is 48.1 Å². The lowest BCUT2D eigenvalue weighted by atomic mass is 9.87. The van der Waals surface area contributed by atoms with Gasteiger partial charge in [-0.3, -0.25) is 0 Å². The number of rotatable bonds is 15. The van der Waals surface area contributed by atoms with E-state index in [9.17, 15) is 0 Å². The van der Waals surface area contributed by atoms with E-state index in [4.69, 9.17) is 18.9 Å². The highest BCUT2D eigenvalue weighted by atomic mass is 16.5. The highest BCUT2D eigenvalue weighted by molar-refractivity contribution is 5.57. The maximum Gasteiger partial charge on any atom is 0.119 e. The summed E-state index contributed by atoms with van der Waals surface area (Å²) < 4.78 is 23.5. The first-order valence-electron chi connectivity index (χ1n) is 14.8. The first kappa shape index (κ1) is 27.4. The van der Waals surface area contributed by atoms with Crippen LogP contribution in [0.4, 0.5) is 5.69 Å². The van der Waals surface area contributed by atoms with Gasteiger partial charge in [0, 0.05) is 64.6 Å². The number of hydrogen-bond donors (Lipinski definition) is 1. The van der Waals surface area contributed by atoms with E-state index in [1.54, 1.807) is 7.11 Å². The third-order valence-electron chi connectivity index (χ3n) is 8.09. The minimum absolute atomic E-state index is 0.160. The maximum atomic E-state index is 6.57. The van der Waals surface area contributed by atoms with E-state index in [0.717, 1.165) is 76.9 Å². The molecule has 38 heavy (non-hydrogen) atoms. The van der Waals surface area contributed by atoms with Crippen LogP contribution < -0.4 is 15.0 Å². The Hall–Kier alpha value is -2.12. The number of nitrogens with one attached hydrogen (secondary N) is 1. The molecule has 2 heterocycles. The predicted molar refractivity (Wildman–Crippen MR) is 152 cm³/mol. The van der Waals surface area contributed by atoms with E-state index in [-0.39, 0.29) is 6.10 Å². The third-order valence-corrected chi connectivity index (χ3v) is 8.09. The fraction of sp³-hybridized carbons (Fsp3) is 0.625. The number of aryl methyl sites for hydroxylation is 1. The topological polar surface area (TPSA) is 52.2 Å². The summed E-state index contributed by atoms with van der Waals surface area (Å²) in [5, 5.41) is 3.54. The van der Waals surface area contributed by atoms with Crippen LogP contribution in [-0.2, 0) is 27.2 Å². The molecular weight excluding hydrogens is 476 g/mol. The predicted octanol–water partition coefficient (Wildman–Crippen LogP) is 5.33. The highest BCUT2D eigenvalue weighted by Gasteiger charge is 2.27. The number of ether oxygens (including phenoxy) is 4. The van der Waals surface area contributed by atoms with Crippen LogP contribution in [0.15, 0.2) is 42.5 Å². The Balaban J connectivity index is 1.12. The van der Waals surface area contributed by atoms with Crippen molar-refractivity contribution in [3.8, 4) is 5.75 Å². The normalized spacial score (nSPS) is 21.3. The van der Waals surface area contributed by atoms with Crippen molar-refractivity contribution in [2.75, 3.05) is 64.6 Å². The van der Waals surface area contributed by atoms with Crippen LogP contribution in [0.25, 0.3) is 0 Å². The summed E-state index contributed by atoms with van der Waals surface area (Å²) in [7, 11) is 1.78. The fourth-order valence-corrected chi connectivity index (χ4v) is 5.70. The Bertz CT molecular complexity index is 978. The first-order valence-corrected chi connectivity index (χ1v) is 14.8. The summed E-state index contributed by atoms with van der Waals surface area (Å²) in [6.45, 7) is 7.97. The van der Waals surface area contributed by atoms with Gasteiger partial charge in [-0.25, -0.2) is 0 Å². The molecule has 2 aromatic rings. The Morgan fingerprint density at radius 1 is 0.974 bits per heavy atom. The molecule has 6 nitrogen and oxygen atoms in total. The van der Waals surface area contributed by atoms with Crippen molar-refractivity contribution in [3.05, 3.63) is 59.2 Å². The van der Waals surface area contributed by atoms with Crippen LogP contribution in [-0.4, -0.2) is 65.8 Å². The molecule has 1 N–H and O–H groups in total. The molecule has 1 saturated carbocycles. The van der Waals surface area contributed by atoms with Crippen molar-refractivity contribution in [1.29, 1.82) is 0 Å². The maximum absolute atomic E-state index is 6.57. The molecule has 2 fully saturated rings. The number of hydrogen-bond acceptors (Lipinski definition) is 6. The zero-order chi connectivity index (χ0) is 26.0. The molecule has 0 bridgehead atoms. The molecule has 208 valence electrons. The summed E-state index contributed by atoms with van der Waals surface area (Å²) in [5.41, 5.74) is 5.45. The van der Waals surface area contributed by atoms with E-state index in [0.29, 0.717) is 19.1 Å². The molecule has 5 rings (SSSR count).